The molecule has 5 nitrogen and oxygen atoms in total. The van der Waals surface area contributed by atoms with Gasteiger partial charge in [-0.1, -0.05) is 0 Å². The molecular weight excluding hydrogens is 196 g/mol. The average Bonchev–Trinajstić information content (AvgIpc) is 2.99. The van der Waals surface area contributed by atoms with Crippen molar-refractivity contribution in [2.75, 3.05) is 0 Å². The van der Waals surface area contributed by atoms with E-state index in [0.717, 1.165) is 17.3 Å². The fourth-order valence-electron chi connectivity index (χ4n) is 1.81. The molecule has 0 unspecified atom stereocenters. The van der Waals surface area contributed by atoms with Crippen molar-refractivity contribution in [2.24, 2.45) is 20.0 Å². The quantitative estimate of drug-likeness (QED) is 0.609. The zero-order valence-electron chi connectivity index (χ0n) is 8.64. The van der Waals surface area contributed by atoms with E-state index >= 15 is 0 Å². The molecule has 1 saturated carbocycles. The largest absolute Gasteiger partial charge is 0.330 e. The Morgan fingerprint density at radius 1 is 1.33 bits per heavy atom. The zero-order chi connectivity index (χ0) is 11.2. The summed E-state index contributed by atoms with van der Waals surface area (Å²) in [4.78, 5) is 33.5. The molecule has 0 amide bonds. The molecule has 1 aliphatic rings. The molecule has 2 atom stereocenters. The molecule has 1 aliphatic carbocycles. The second-order valence-corrected chi connectivity index (χ2v) is 3.95. The number of carbonyl (C=O) groups excluding carboxylic acids is 1. The van der Waals surface area contributed by atoms with Crippen LogP contribution in [0.3, 0.4) is 0 Å². The minimum absolute atomic E-state index is 0.0253. The van der Waals surface area contributed by atoms with Crippen LogP contribution in [0.1, 0.15) is 18.0 Å². The normalized spacial score (nSPS) is 23.9. The maximum atomic E-state index is 11.6. The maximum absolute atomic E-state index is 11.6. The molecule has 15 heavy (non-hydrogen) atoms. The Labute approximate surface area is 86.0 Å². The molecule has 2 rings (SSSR count). The van der Waals surface area contributed by atoms with Gasteiger partial charge in [0.25, 0.3) is 5.56 Å². The molecule has 5 heteroatoms. The second kappa shape index (κ2) is 3.18. The molecule has 0 aromatic carbocycles. The van der Waals surface area contributed by atoms with Crippen LogP contribution in [0.25, 0.3) is 0 Å². The molecule has 1 fully saturated rings. The summed E-state index contributed by atoms with van der Waals surface area (Å²) in [5.74, 6) is 0.0248. The van der Waals surface area contributed by atoms with Gasteiger partial charge >= 0.3 is 5.69 Å². The lowest BCUT2D eigenvalue weighted by Gasteiger charge is -2.07. The highest BCUT2D eigenvalue weighted by Crippen LogP contribution is 2.44. The number of nitrogens with zero attached hydrogens (tertiary/aromatic N) is 2. The van der Waals surface area contributed by atoms with E-state index in [1.165, 1.54) is 17.7 Å². The average molecular weight is 208 g/mol. The fourth-order valence-corrected chi connectivity index (χ4v) is 1.81. The van der Waals surface area contributed by atoms with Crippen LogP contribution >= 0.6 is 0 Å². The van der Waals surface area contributed by atoms with Crippen molar-refractivity contribution in [3.8, 4) is 0 Å². The van der Waals surface area contributed by atoms with Crippen LogP contribution in [-0.2, 0) is 18.9 Å². The lowest BCUT2D eigenvalue weighted by atomic mass is 10.2. The first-order valence-corrected chi connectivity index (χ1v) is 4.78. The van der Waals surface area contributed by atoms with Crippen LogP contribution in [0.2, 0.25) is 0 Å². The predicted molar refractivity (Wildman–Crippen MR) is 53.8 cm³/mol. The SMILES string of the molecule is Cn1c([C@@H]2C[C@@H]2C=O)cc(=O)n(C)c1=O. The van der Waals surface area contributed by atoms with Crippen LogP contribution in [0.5, 0.6) is 0 Å². The Balaban J connectivity index is 2.55. The van der Waals surface area contributed by atoms with E-state index in [1.807, 2.05) is 0 Å². The van der Waals surface area contributed by atoms with Gasteiger partial charge in [-0.15, -0.1) is 0 Å². The van der Waals surface area contributed by atoms with Crippen LogP contribution in [-0.4, -0.2) is 15.4 Å². The third kappa shape index (κ3) is 1.44. The van der Waals surface area contributed by atoms with Gasteiger partial charge in [0, 0.05) is 37.7 Å². The van der Waals surface area contributed by atoms with E-state index in [9.17, 15) is 14.4 Å². The van der Waals surface area contributed by atoms with Crippen molar-refractivity contribution in [2.45, 2.75) is 12.3 Å². The highest BCUT2D eigenvalue weighted by atomic mass is 16.2. The summed E-state index contributed by atoms with van der Waals surface area (Å²) in [6, 6.07) is 1.44. The molecule has 0 bridgehead atoms. The maximum Gasteiger partial charge on any atom is 0.330 e. The van der Waals surface area contributed by atoms with Crippen molar-refractivity contribution in [1.29, 1.82) is 0 Å². The second-order valence-electron chi connectivity index (χ2n) is 3.95. The minimum atomic E-state index is -0.339. The number of hydrogen-bond acceptors (Lipinski definition) is 3. The molecular formula is C10H12N2O3. The minimum Gasteiger partial charge on any atom is -0.303 e. The first kappa shape index (κ1) is 9.89. The van der Waals surface area contributed by atoms with Crippen LogP contribution < -0.4 is 11.2 Å². The molecule has 1 heterocycles. The van der Waals surface area contributed by atoms with Gasteiger partial charge in [0.05, 0.1) is 0 Å². The van der Waals surface area contributed by atoms with Gasteiger partial charge in [0.1, 0.15) is 6.29 Å². The summed E-state index contributed by atoms with van der Waals surface area (Å²) in [5.41, 5.74) is 0.0129. The van der Waals surface area contributed by atoms with Crippen LogP contribution in [0.15, 0.2) is 15.7 Å². The van der Waals surface area contributed by atoms with Crippen molar-refractivity contribution in [3.05, 3.63) is 32.6 Å². The Bertz CT molecular complexity index is 526. The molecule has 1 aromatic rings. The van der Waals surface area contributed by atoms with Gasteiger partial charge in [0.2, 0.25) is 0 Å². The van der Waals surface area contributed by atoms with E-state index in [4.69, 9.17) is 0 Å². The van der Waals surface area contributed by atoms with Crippen molar-refractivity contribution >= 4 is 6.29 Å². The van der Waals surface area contributed by atoms with Crippen molar-refractivity contribution in [3.63, 3.8) is 0 Å². The number of aldehydes is 1. The summed E-state index contributed by atoms with van der Waals surface area (Å²) < 4.78 is 2.50. The van der Waals surface area contributed by atoms with Gasteiger partial charge < -0.3 is 9.36 Å². The number of carbonyl (C=O) groups is 1. The number of rotatable bonds is 2. The Morgan fingerprint density at radius 3 is 2.53 bits per heavy atom. The lowest BCUT2D eigenvalue weighted by molar-refractivity contribution is -0.108. The number of aromatic nitrogens is 2. The van der Waals surface area contributed by atoms with Gasteiger partial charge in [-0.05, 0) is 6.42 Å². The Kier molecular flexibility index (Phi) is 2.10. The monoisotopic (exact) mass is 208 g/mol. The summed E-state index contributed by atoms with van der Waals surface area (Å²) >= 11 is 0. The summed E-state index contributed by atoms with van der Waals surface area (Å²) in [6.07, 6.45) is 1.62. The Hall–Kier alpha value is -1.65. The van der Waals surface area contributed by atoms with E-state index in [1.54, 1.807) is 7.05 Å². The van der Waals surface area contributed by atoms with E-state index in [-0.39, 0.29) is 23.1 Å². The van der Waals surface area contributed by atoms with Gasteiger partial charge in [-0.3, -0.25) is 9.36 Å². The summed E-state index contributed by atoms with van der Waals surface area (Å²) in [7, 11) is 3.07. The summed E-state index contributed by atoms with van der Waals surface area (Å²) in [6.45, 7) is 0. The molecule has 0 spiro atoms. The third-order valence-corrected chi connectivity index (χ3v) is 2.96. The van der Waals surface area contributed by atoms with Crippen molar-refractivity contribution in [1.82, 2.24) is 9.13 Å². The topological polar surface area (TPSA) is 61.1 Å². The predicted octanol–water partition coefficient (Wildman–Crippen LogP) is -0.614. The molecule has 0 saturated heterocycles. The fraction of sp³-hybridized carbons (Fsp3) is 0.500. The number of hydrogen-bond donors (Lipinski definition) is 0. The molecule has 0 N–H and O–H groups in total. The standard InChI is InChI=1S/C10H12N2O3/c1-11-8(7-3-6(7)5-13)4-9(14)12(2)10(11)15/h4-7H,3H2,1-2H3/t6-,7-/m1/s1. The first-order chi connectivity index (χ1) is 7.06. The van der Waals surface area contributed by atoms with Gasteiger partial charge in [-0.2, -0.15) is 0 Å². The van der Waals surface area contributed by atoms with Crippen molar-refractivity contribution < 1.29 is 4.79 Å². The Morgan fingerprint density at radius 2 is 2.00 bits per heavy atom. The van der Waals surface area contributed by atoms with E-state index < -0.39 is 0 Å². The third-order valence-electron chi connectivity index (χ3n) is 2.96. The molecule has 0 radical (unpaired) electrons. The first-order valence-electron chi connectivity index (χ1n) is 4.78. The highest BCUT2D eigenvalue weighted by Gasteiger charge is 2.40. The summed E-state index contributed by atoms with van der Waals surface area (Å²) in [5, 5.41) is 0. The van der Waals surface area contributed by atoms with E-state index in [0.29, 0.717) is 5.69 Å². The molecule has 1 aromatic heterocycles. The molecule has 80 valence electrons. The van der Waals surface area contributed by atoms with Gasteiger partial charge in [0.15, 0.2) is 0 Å². The zero-order valence-corrected chi connectivity index (χ0v) is 8.64. The van der Waals surface area contributed by atoms with Crippen LogP contribution in [0.4, 0.5) is 0 Å². The van der Waals surface area contributed by atoms with Crippen LogP contribution in [0, 0.1) is 5.92 Å². The smallest absolute Gasteiger partial charge is 0.303 e. The molecule has 0 aliphatic heterocycles. The van der Waals surface area contributed by atoms with Gasteiger partial charge in [-0.25, -0.2) is 4.79 Å². The highest BCUT2D eigenvalue weighted by molar-refractivity contribution is 5.60. The van der Waals surface area contributed by atoms with E-state index in [2.05, 4.69) is 0 Å². The lowest BCUT2D eigenvalue weighted by Crippen LogP contribution is -2.37.